The summed E-state index contributed by atoms with van der Waals surface area (Å²) < 4.78 is 27.5. The van der Waals surface area contributed by atoms with Crippen molar-refractivity contribution >= 4 is 12.2 Å². The molecule has 0 fully saturated rings. The van der Waals surface area contributed by atoms with E-state index in [4.69, 9.17) is 23.9 Å². The number of nitrogens with zero attached hydrogens (tertiary/aromatic N) is 1. The standard InChI is InChI=1S/C55H71N5O9/c1-31(2)23-54(3,65)27-58-29-59-28-55(67-30-57-5)24-43-40-22-42-47(33-9-13-44-32(18-33)15-16-60-44)36(25-56-4)20-41-45(63)14-12-38(48(41)42)49(40)52-39(11-10-37(26-62)68-52)51(43)69-53(55)35-19-34(8-7-17-61)50(64)46(21-35)66-6/h9,12-15,18-21,31,37,42,47,53,56-59,61-65H,7-8,10-11,16-17,22-30H2,1-6H3. The highest BCUT2D eigenvalue weighted by molar-refractivity contribution is 5.89. The SMILES string of the molecule is CNCOC1(CNCNCC(C)(O)CC(C)C)Cc2c3c(c4c(c2OC1c1cc(CCCO)c(O)c(OC)c1)CCC(CO)O4)-c1ccc(O)c2c1C(C3)C(c1ccc3c(c1)=CCN=3)C(CNC)=C2. The Hall–Kier alpha value is -5.03. The molecule has 0 saturated carbocycles. The van der Waals surface area contributed by atoms with E-state index in [-0.39, 0.29) is 43.3 Å². The van der Waals surface area contributed by atoms with Crippen molar-refractivity contribution in [2.24, 2.45) is 10.9 Å². The molecular formula is C55H71N5O9. The monoisotopic (exact) mass is 946 g/mol. The number of aliphatic hydroxyl groups is 3. The van der Waals surface area contributed by atoms with Crippen LogP contribution in [0.5, 0.6) is 28.7 Å². The van der Waals surface area contributed by atoms with E-state index in [1.54, 1.807) is 6.07 Å². The molecule has 0 aromatic heterocycles. The van der Waals surface area contributed by atoms with E-state index in [1.807, 2.05) is 39.2 Å². The summed E-state index contributed by atoms with van der Waals surface area (Å²) in [6, 6.07) is 14.2. The van der Waals surface area contributed by atoms with E-state index in [0.717, 1.165) is 60.8 Å². The summed E-state index contributed by atoms with van der Waals surface area (Å²) in [5, 5.41) is 70.7. The van der Waals surface area contributed by atoms with Gasteiger partial charge >= 0.3 is 0 Å². The normalized spacial score (nSPS) is 22.7. The van der Waals surface area contributed by atoms with Crippen molar-refractivity contribution in [3.8, 4) is 39.9 Å². The molecule has 9 rings (SSSR count). The second kappa shape index (κ2) is 20.4. The van der Waals surface area contributed by atoms with Gasteiger partial charge in [0.05, 0.1) is 38.0 Å². The predicted molar refractivity (Wildman–Crippen MR) is 267 cm³/mol. The third-order valence-corrected chi connectivity index (χ3v) is 14.8. The Morgan fingerprint density at radius 1 is 0.971 bits per heavy atom. The zero-order valence-electron chi connectivity index (χ0n) is 41.0. The third kappa shape index (κ3) is 9.38. The first-order valence-corrected chi connectivity index (χ1v) is 24.8. The molecule has 2 aliphatic carbocycles. The second-order valence-corrected chi connectivity index (χ2v) is 20.4. The number of ether oxygens (including phenoxy) is 4. The molecular weight excluding hydrogens is 875 g/mol. The van der Waals surface area contributed by atoms with Crippen LogP contribution >= 0.6 is 0 Å². The lowest BCUT2D eigenvalue weighted by atomic mass is 9.62. The van der Waals surface area contributed by atoms with E-state index < -0.39 is 23.4 Å². The van der Waals surface area contributed by atoms with E-state index in [2.05, 4.69) is 65.5 Å². The molecule has 14 nitrogen and oxygen atoms in total. The van der Waals surface area contributed by atoms with Gasteiger partial charge in [-0.1, -0.05) is 32.1 Å². The molecule has 69 heavy (non-hydrogen) atoms. The van der Waals surface area contributed by atoms with E-state index in [1.165, 1.54) is 18.2 Å². The van der Waals surface area contributed by atoms with Crippen LogP contribution in [-0.2, 0) is 30.4 Å². The predicted octanol–water partition coefficient (Wildman–Crippen LogP) is 4.38. The van der Waals surface area contributed by atoms with Crippen molar-refractivity contribution in [2.45, 2.75) is 101 Å². The molecule has 6 atom stereocenters. The van der Waals surface area contributed by atoms with E-state index in [0.29, 0.717) is 101 Å². The van der Waals surface area contributed by atoms with Crippen molar-refractivity contribution in [3.05, 3.63) is 103 Å². The van der Waals surface area contributed by atoms with E-state index in [9.17, 15) is 25.5 Å². The molecule has 5 aliphatic rings. The molecule has 6 unspecified atom stereocenters. The number of hydrogen-bond acceptors (Lipinski definition) is 14. The maximum atomic E-state index is 11.7. The molecule has 370 valence electrons. The lowest BCUT2D eigenvalue weighted by Crippen LogP contribution is -2.56. The molecule has 14 heteroatoms. The number of aromatic hydroxyl groups is 2. The molecule has 0 saturated heterocycles. The van der Waals surface area contributed by atoms with Crippen molar-refractivity contribution in [1.29, 1.82) is 0 Å². The Labute approximate surface area is 405 Å². The van der Waals surface area contributed by atoms with Crippen LogP contribution in [0.3, 0.4) is 0 Å². The van der Waals surface area contributed by atoms with Crippen molar-refractivity contribution in [2.75, 3.05) is 74.0 Å². The Morgan fingerprint density at radius 3 is 2.57 bits per heavy atom. The van der Waals surface area contributed by atoms with Gasteiger partial charge in [-0.2, -0.15) is 0 Å². The summed E-state index contributed by atoms with van der Waals surface area (Å²) in [5.74, 6) is 2.18. The van der Waals surface area contributed by atoms with Crippen LogP contribution < -0.4 is 46.1 Å². The molecule has 0 bridgehead atoms. The van der Waals surface area contributed by atoms with Crippen LogP contribution in [0.25, 0.3) is 23.3 Å². The topological polar surface area (TPSA) is 199 Å². The third-order valence-electron chi connectivity index (χ3n) is 14.8. The second-order valence-electron chi connectivity index (χ2n) is 20.4. The number of methoxy groups -OCH3 is 1. The fourth-order valence-corrected chi connectivity index (χ4v) is 12.0. The minimum Gasteiger partial charge on any atom is -0.507 e. The van der Waals surface area contributed by atoms with Crippen LogP contribution in [0, 0.1) is 5.92 Å². The highest BCUT2D eigenvalue weighted by Gasteiger charge is 2.51. The van der Waals surface area contributed by atoms with Gasteiger partial charge in [0.15, 0.2) is 17.6 Å². The molecule has 0 amide bonds. The van der Waals surface area contributed by atoms with Gasteiger partial charge in [0, 0.05) is 67.5 Å². The first-order chi connectivity index (χ1) is 33.3. The lowest BCUT2D eigenvalue weighted by Gasteiger charge is -2.48. The number of aliphatic hydroxyl groups excluding tert-OH is 2. The zero-order valence-corrected chi connectivity index (χ0v) is 41.0. The van der Waals surface area contributed by atoms with Gasteiger partial charge in [-0.15, -0.1) is 0 Å². The van der Waals surface area contributed by atoms with Crippen molar-refractivity contribution in [1.82, 2.24) is 21.3 Å². The highest BCUT2D eigenvalue weighted by Crippen LogP contribution is 2.61. The minimum absolute atomic E-state index is 0.0202. The van der Waals surface area contributed by atoms with Crippen LogP contribution in [0.15, 0.2) is 53.0 Å². The maximum absolute atomic E-state index is 11.7. The number of fused-ring (bicyclic) bond motifs is 8. The van der Waals surface area contributed by atoms with Gasteiger partial charge < -0.3 is 60.4 Å². The Morgan fingerprint density at radius 2 is 1.81 bits per heavy atom. The summed E-state index contributed by atoms with van der Waals surface area (Å²) in [6.45, 7) is 8.48. The van der Waals surface area contributed by atoms with Crippen molar-refractivity contribution < 1.29 is 44.5 Å². The van der Waals surface area contributed by atoms with Gasteiger partial charge in [-0.05, 0) is 152 Å². The summed E-state index contributed by atoms with van der Waals surface area (Å²) in [6.07, 6.45) is 6.92. The number of hydrogen-bond donors (Lipinski definition) is 9. The smallest absolute Gasteiger partial charge is 0.161 e. The van der Waals surface area contributed by atoms with Gasteiger partial charge in [0.1, 0.15) is 29.0 Å². The van der Waals surface area contributed by atoms with Gasteiger partial charge in [0.25, 0.3) is 0 Å². The van der Waals surface area contributed by atoms with Crippen LogP contribution in [0.2, 0.25) is 0 Å². The summed E-state index contributed by atoms with van der Waals surface area (Å²) >= 11 is 0. The molecule has 9 N–H and O–H groups in total. The number of phenols is 2. The molecule has 0 radical (unpaired) electrons. The van der Waals surface area contributed by atoms with Crippen LogP contribution in [-0.4, -0.2) is 117 Å². The first-order valence-electron chi connectivity index (χ1n) is 24.8. The molecule has 4 aromatic carbocycles. The fraction of sp³-hybridized carbons (Fsp3) is 0.509. The zero-order chi connectivity index (χ0) is 48.6. The van der Waals surface area contributed by atoms with Crippen molar-refractivity contribution in [3.63, 3.8) is 0 Å². The number of phenolic OH excluding ortho intramolecular Hbond substituents is 2. The first kappa shape index (κ1) is 49.0. The quantitative estimate of drug-likeness (QED) is 0.0448. The summed E-state index contributed by atoms with van der Waals surface area (Å²) in [4.78, 5) is 4.70. The maximum Gasteiger partial charge on any atom is 0.161 e. The average Bonchev–Trinajstić information content (AvgIpc) is 3.81. The number of aryl methyl sites for hydroxylation is 1. The Balaban J connectivity index is 1.25. The Kier molecular flexibility index (Phi) is 14.5. The van der Waals surface area contributed by atoms with Gasteiger partial charge in [0.2, 0.25) is 0 Å². The van der Waals surface area contributed by atoms with Crippen LogP contribution in [0.1, 0.15) is 102 Å². The number of nitrogens with one attached hydrogen (secondary N) is 4. The average molecular weight is 946 g/mol. The highest BCUT2D eigenvalue weighted by atomic mass is 16.6. The molecule has 3 heterocycles. The summed E-state index contributed by atoms with van der Waals surface area (Å²) in [7, 11) is 5.34. The number of benzene rings is 4. The summed E-state index contributed by atoms with van der Waals surface area (Å²) in [5.41, 5.74) is 8.65. The largest absolute Gasteiger partial charge is 0.507 e. The Bertz CT molecular complexity index is 2720. The minimum atomic E-state index is -1.07. The number of rotatable bonds is 20. The number of likely N-dealkylation sites (N-methyl/N-ethyl adjacent to an activating group) is 1. The molecule has 4 aromatic rings. The van der Waals surface area contributed by atoms with Crippen LogP contribution in [0.4, 0.5) is 0 Å². The van der Waals surface area contributed by atoms with Gasteiger partial charge in [-0.25, -0.2) is 0 Å². The molecule has 3 aliphatic heterocycles. The lowest BCUT2D eigenvalue weighted by molar-refractivity contribution is -0.129. The van der Waals surface area contributed by atoms with E-state index >= 15 is 0 Å². The molecule has 0 spiro atoms. The fourth-order valence-electron chi connectivity index (χ4n) is 12.0. The van der Waals surface area contributed by atoms with Gasteiger partial charge in [-0.3, -0.25) is 10.3 Å².